The molecule has 4 nitrogen and oxygen atoms in total. The first-order valence-electron chi connectivity index (χ1n) is 8.10. The van der Waals surface area contributed by atoms with Gasteiger partial charge in [-0.25, -0.2) is 4.98 Å². The number of hydrogen-bond donors (Lipinski definition) is 0. The Hall–Kier alpha value is -3.24. The van der Waals surface area contributed by atoms with Gasteiger partial charge >= 0.3 is 0 Å². The molecule has 0 radical (unpaired) electrons. The molecule has 0 amide bonds. The molecule has 0 spiro atoms. The van der Waals surface area contributed by atoms with Gasteiger partial charge in [-0.05, 0) is 18.2 Å². The third-order valence-corrected chi connectivity index (χ3v) is 4.35. The summed E-state index contributed by atoms with van der Waals surface area (Å²) in [7, 11) is 0. The highest BCUT2D eigenvalue weighted by atomic mass is 35.5. The van der Waals surface area contributed by atoms with Gasteiger partial charge in [-0.1, -0.05) is 72.3 Å². The van der Waals surface area contributed by atoms with Crippen LogP contribution in [0.3, 0.4) is 0 Å². The minimum atomic E-state index is -0.224. The molecule has 0 aliphatic heterocycles. The molecule has 0 saturated heterocycles. The van der Waals surface area contributed by atoms with E-state index in [0.717, 1.165) is 11.1 Å². The van der Waals surface area contributed by atoms with E-state index >= 15 is 0 Å². The van der Waals surface area contributed by atoms with Crippen LogP contribution in [0.25, 0.3) is 22.3 Å². The molecule has 4 rings (SSSR count). The zero-order valence-electron chi connectivity index (χ0n) is 13.7. The zero-order chi connectivity index (χ0) is 17.9. The van der Waals surface area contributed by atoms with E-state index in [0.29, 0.717) is 21.7 Å². The average molecular weight is 360 g/mol. The molecule has 0 fully saturated rings. The monoisotopic (exact) mass is 359 g/mol. The Bertz CT molecular complexity index is 1170. The standard InChI is InChI=1S/C21H14ClN3O/c22-18-12-6-4-10-16(18)14-23-25-20(15-8-2-1-3-9-15)24-19-13-7-5-11-17(19)21(25)26/h1-14H/b23-14+. The van der Waals surface area contributed by atoms with E-state index in [2.05, 4.69) is 10.1 Å². The van der Waals surface area contributed by atoms with Crippen molar-refractivity contribution >= 4 is 28.7 Å². The van der Waals surface area contributed by atoms with Crippen molar-refractivity contribution in [2.45, 2.75) is 0 Å². The first-order chi connectivity index (χ1) is 12.7. The molecule has 5 heteroatoms. The molecule has 1 heterocycles. The van der Waals surface area contributed by atoms with E-state index in [4.69, 9.17) is 11.6 Å². The van der Waals surface area contributed by atoms with Crippen molar-refractivity contribution in [1.29, 1.82) is 0 Å². The zero-order valence-corrected chi connectivity index (χ0v) is 14.5. The lowest BCUT2D eigenvalue weighted by Crippen LogP contribution is -2.20. The second kappa shape index (κ2) is 6.94. The Balaban J connectivity index is 1.96. The second-order valence-corrected chi connectivity index (χ2v) is 6.11. The third kappa shape index (κ3) is 3.03. The highest BCUT2D eigenvalue weighted by Gasteiger charge is 2.12. The van der Waals surface area contributed by atoms with E-state index in [9.17, 15) is 4.79 Å². The number of benzene rings is 3. The van der Waals surface area contributed by atoms with Crippen LogP contribution in [0.1, 0.15) is 5.56 Å². The number of nitrogens with zero attached hydrogens (tertiary/aromatic N) is 3. The molecule has 4 aromatic rings. The Kier molecular flexibility index (Phi) is 4.33. The number of halogens is 1. The summed E-state index contributed by atoms with van der Waals surface area (Å²) in [6.07, 6.45) is 1.58. The third-order valence-electron chi connectivity index (χ3n) is 4.00. The SMILES string of the molecule is O=c1c2ccccc2nc(-c2ccccc2)n1/N=C/c1ccccc1Cl. The maximum atomic E-state index is 13.0. The van der Waals surface area contributed by atoms with Gasteiger partial charge in [-0.2, -0.15) is 9.78 Å². The van der Waals surface area contributed by atoms with Crippen molar-refractivity contribution in [3.05, 3.63) is 99.8 Å². The van der Waals surface area contributed by atoms with Crippen LogP contribution in [-0.4, -0.2) is 15.9 Å². The lowest BCUT2D eigenvalue weighted by molar-refractivity contribution is 0.830. The van der Waals surface area contributed by atoms with Crippen LogP contribution in [0.15, 0.2) is 88.8 Å². The maximum absolute atomic E-state index is 13.0. The van der Waals surface area contributed by atoms with Crippen molar-refractivity contribution < 1.29 is 0 Å². The van der Waals surface area contributed by atoms with Gasteiger partial charge in [0.1, 0.15) is 0 Å². The van der Waals surface area contributed by atoms with E-state index < -0.39 is 0 Å². The summed E-state index contributed by atoms with van der Waals surface area (Å²) in [6.45, 7) is 0. The van der Waals surface area contributed by atoms with Gasteiger partial charge in [0.05, 0.1) is 17.1 Å². The average Bonchev–Trinajstić information content (AvgIpc) is 2.69. The Morgan fingerprint density at radius 3 is 2.38 bits per heavy atom. The lowest BCUT2D eigenvalue weighted by atomic mass is 10.2. The molecule has 0 saturated carbocycles. The normalized spacial score (nSPS) is 11.3. The number of rotatable bonds is 3. The summed E-state index contributed by atoms with van der Waals surface area (Å²) in [5.41, 5.74) is 1.96. The molecule has 0 atom stereocenters. The highest BCUT2D eigenvalue weighted by molar-refractivity contribution is 6.33. The Labute approximate surface area is 155 Å². The predicted molar refractivity (Wildman–Crippen MR) is 106 cm³/mol. The minimum absolute atomic E-state index is 0.224. The van der Waals surface area contributed by atoms with Gasteiger partial charge in [0.2, 0.25) is 0 Å². The van der Waals surface area contributed by atoms with E-state index in [1.165, 1.54) is 4.68 Å². The van der Waals surface area contributed by atoms with Crippen molar-refractivity contribution in [2.24, 2.45) is 5.10 Å². The topological polar surface area (TPSA) is 47.2 Å². The second-order valence-electron chi connectivity index (χ2n) is 5.70. The number of para-hydroxylation sites is 1. The van der Waals surface area contributed by atoms with Crippen LogP contribution in [0.5, 0.6) is 0 Å². The Morgan fingerprint density at radius 1 is 0.885 bits per heavy atom. The van der Waals surface area contributed by atoms with Crippen molar-refractivity contribution in [2.75, 3.05) is 0 Å². The smallest absolute Gasteiger partial charge is 0.267 e. The summed E-state index contributed by atoms with van der Waals surface area (Å²) in [5.74, 6) is 0.484. The van der Waals surface area contributed by atoms with Crippen molar-refractivity contribution in [3.63, 3.8) is 0 Å². The van der Waals surface area contributed by atoms with Crippen LogP contribution >= 0.6 is 11.6 Å². The highest BCUT2D eigenvalue weighted by Crippen LogP contribution is 2.19. The molecule has 0 aliphatic carbocycles. The van der Waals surface area contributed by atoms with E-state index in [1.54, 1.807) is 18.3 Å². The van der Waals surface area contributed by atoms with Gasteiger partial charge in [0, 0.05) is 16.1 Å². The molecule has 3 aromatic carbocycles. The molecular weight excluding hydrogens is 346 g/mol. The molecule has 0 unspecified atom stereocenters. The summed E-state index contributed by atoms with van der Waals surface area (Å²) in [6, 6.07) is 24.1. The lowest BCUT2D eigenvalue weighted by Gasteiger charge is -2.09. The van der Waals surface area contributed by atoms with Gasteiger partial charge in [0.15, 0.2) is 5.82 Å². The van der Waals surface area contributed by atoms with Gasteiger partial charge < -0.3 is 0 Å². The van der Waals surface area contributed by atoms with Gasteiger partial charge in [-0.3, -0.25) is 4.79 Å². The van der Waals surface area contributed by atoms with Gasteiger partial charge in [-0.15, -0.1) is 0 Å². The fraction of sp³-hybridized carbons (Fsp3) is 0. The van der Waals surface area contributed by atoms with Crippen LogP contribution in [0.2, 0.25) is 5.02 Å². The fourth-order valence-corrected chi connectivity index (χ4v) is 2.89. The molecule has 26 heavy (non-hydrogen) atoms. The van der Waals surface area contributed by atoms with Gasteiger partial charge in [0.25, 0.3) is 5.56 Å². The first-order valence-corrected chi connectivity index (χ1v) is 8.48. The number of hydrogen-bond acceptors (Lipinski definition) is 3. The summed E-state index contributed by atoms with van der Waals surface area (Å²) >= 11 is 6.19. The maximum Gasteiger partial charge on any atom is 0.282 e. The van der Waals surface area contributed by atoms with Crippen LogP contribution in [0.4, 0.5) is 0 Å². The molecule has 0 N–H and O–H groups in total. The predicted octanol–water partition coefficient (Wildman–Crippen LogP) is 4.60. The van der Waals surface area contributed by atoms with Crippen LogP contribution in [0, 0.1) is 0 Å². The fourth-order valence-electron chi connectivity index (χ4n) is 2.70. The molecule has 1 aromatic heterocycles. The minimum Gasteiger partial charge on any atom is -0.267 e. The first kappa shape index (κ1) is 16.2. The number of fused-ring (bicyclic) bond motifs is 1. The molecule has 126 valence electrons. The molecule has 0 aliphatic rings. The quantitative estimate of drug-likeness (QED) is 0.502. The van der Waals surface area contributed by atoms with Crippen molar-refractivity contribution in [1.82, 2.24) is 9.66 Å². The largest absolute Gasteiger partial charge is 0.282 e. The molecule has 0 bridgehead atoms. The number of aromatic nitrogens is 2. The van der Waals surface area contributed by atoms with E-state index in [-0.39, 0.29) is 5.56 Å². The summed E-state index contributed by atoms with van der Waals surface area (Å²) in [5, 5.41) is 5.48. The summed E-state index contributed by atoms with van der Waals surface area (Å²) < 4.78 is 1.32. The molecular formula is C21H14ClN3O. The van der Waals surface area contributed by atoms with E-state index in [1.807, 2.05) is 66.7 Å². The summed E-state index contributed by atoms with van der Waals surface area (Å²) in [4.78, 5) is 17.7. The van der Waals surface area contributed by atoms with Crippen molar-refractivity contribution in [3.8, 4) is 11.4 Å². The van der Waals surface area contributed by atoms with Crippen LogP contribution < -0.4 is 5.56 Å². The Morgan fingerprint density at radius 2 is 1.58 bits per heavy atom. The van der Waals surface area contributed by atoms with Crippen LogP contribution in [-0.2, 0) is 0 Å².